The van der Waals surface area contributed by atoms with Gasteiger partial charge in [0.2, 0.25) is 5.91 Å². The van der Waals surface area contributed by atoms with Crippen LogP contribution in [-0.4, -0.2) is 82.2 Å². The molecule has 1 aliphatic heterocycles. The fraction of sp³-hybridized carbons (Fsp3) is 0.667. The normalized spacial score (nSPS) is 15.5. The fourth-order valence-electron chi connectivity index (χ4n) is 2.65. The van der Waals surface area contributed by atoms with Gasteiger partial charge in [0, 0.05) is 58.6 Å². The van der Waals surface area contributed by atoms with Gasteiger partial charge in [-0.3, -0.25) is 19.7 Å². The summed E-state index contributed by atoms with van der Waals surface area (Å²) in [6.07, 6.45) is 1.78. The number of carbonyl (C=O) groups is 2. The summed E-state index contributed by atoms with van der Waals surface area (Å²) in [4.78, 5) is 30.0. The van der Waals surface area contributed by atoms with Crippen molar-refractivity contribution in [3.8, 4) is 0 Å². The summed E-state index contributed by atoms with van der Waals surface area (Å²) in [5.41, 5.74) is 0. The number of anilines is 1. The van der Waals surface area contributed by atoms with Gasteiger partial charge in [0.25, 0.3) is 0 Å². The molecule has 128 valence electrons. The second-order valence-electron chi connectivity index (χ2n) is 5.63. The Bertz CT molecular complexity index is 532. The minimum atomic E-state index is -0.140. The molecule has 1 N–H and O–H groups in total. The zero-order chi connectivity index (χ0) is 16.8. The van der Waals surface area contributed by atoms with E-state index in [0.717, 1.165) is 13.1 Å². The third-order valence-electron chi connectivity index (χ3n) is 4.08. The zero-order valence-electron chi connectivity index (χ0n) is 14.2. The molecule has 2 heterocycles. The number of likely N-dealkylation sites (N-methyl/N-ethyl adjacent to an activating group) is 1. The maximum absolute atomic E-state index is 12.2. The van der Waals surface area contributed by atoms with Gasteiger partial charge >= 0.3 is 6.03 Å². The van der Waals surface area contributed by atoms with E-state index in [9.17, 15) is 9.59 Å². The number of nitrogens with zero attached hydrogens (tertiary/aromatic N) is 5. The van der Waals surface area contributed by atoms with E-state index in [1.807, 2.05) is 18.7 Å². The van der Waals surface area contributed by atoms with E-state index >= 15 is 0 Å². The van der Waals surface area contributed by atoms with Crippen LogP contribution >= 0.6 is 0 Å². The molecule has 0 spiro atoms. The van der Waals surface area contributed by atoms with Crippen molar-refractivity contribution < 1.29 is 9.59 Å². The molecular formula is C15H26N6O2. The minimum Gasteiger partial charge on any atom is -0.342 e. The van der Waals surface area contributed by atoms with Gasteiger partial charge in [0.1, 0.15) is 0 Å². The number of rotatable bonds is 5. The van der Waals surface area contributed by atoms with E-state index in [1.54, 1.807) is 28.9 Å². The van der Waals surface area contributed by atoms with Crippen LogP contribution in [0.25, 0.3) is 0 Å². The molecule has 0 radical (unpaired) electrons. The highest BCUT2D eigenvalue weighted by Crippen LogP contribution is 2.07. The van der Waals surface area contributed by atoms with Crippen molar-refractivity contribution in [2.75, 3.05) is 51.1 Å². The van der Waals surface area contributed by atoms with Crippen LogP contribution in [0.4, 0.5) is 10.6 Å². The number of aromatic nitrogens is 2. The summed E-state index contributed by atoms with van der Waals surface area (Å²) in [7, 11) is 1.81. The van der Waals surface area contributed by atoms with Crippen molar-refractivity contribution >= 4 is 17.8 Å². The van der Waals surface area contributed by atoms with Crippen molar-refractivity contribution in [1.29, 1.82) is 0 Å². The average Bonchev–Trinajstić information content (AvgIpc) is 2.94. The Labute approximate surface area is 137 Å². The maximum Gasteiger partial charge on any atom is 0.323 e. The van der Waals surface area contributed by atoms with Gasteiger partial charge in [0.15, 0.2) is 5.82 Å². The molecule has 1 aliphatic rings. The van der Waals surface area contributed by atoms with Crippen LogP contribution in [0.2, 0.25) is 0 Å². The van der Waals surface area contributed by atoms with Crippen LogP contribution in [-0.2, 0) is 11.8 Å². The molecular weight excluding hydrogens is 296 g/mol. The maximum atomic E-state index is 12.2. The van der Waals surface area contributed by atoms with Crippen molar-refractivity contribution in [3.63, 3.8) is 0 Å². The van der Waals surface area contributed by atoms with Crippen molar-refractivity contribution in [2.24, 2.45) is 7.05 Å². The van der Waals surface area contributed by atoms with Gasteiger partial charge in [-0.25, -0.2) is 4.79 Å². The Hall–Kier alpha value is -2.09. The van der Waals surface area contributed by atoms with Crippen molar-refractivity contribution in [3.05, 3.63) is 12.3 Å². The SMILES string of the molecule is CCN(CC)C(=O)CN1CCN(C(=O)Nc2ccn(C)n2)CC1. The monoisotopic (exact) mass is 322 g/mol. The van der Waals surface area contributed by atoms with E-state index in [-0.39, 0.29) is 11.9 Å². The van der Waals surface area contributed by atoms with Gasteiger partial charge in [-0.15, -0.1) is 0 Å². The Morgan fingerprint density at radius 2 is 1.87 bits per heavy atom. The molecule has 1 aromatic heterocycles. The number of nitrogens with one attached hydrogen (secondary N) is 1. The standard InChI is InChI=1S/C15H26N6O2/c1-4-20(5-2)14(22)12-19-8-10-21(11-9-19)15(23)16-13-6-7-18(3)17-13/h6-7H,4-5,8-12H2,1-3H3,(H,16,17,23). The number of carbonyl (C=O) groups excluding carboxylic acids is 2. The highest BCUT2D eigenvalue weighted by molar-refractivity contribution is 5.88. The summed E-state index contributed by atoms with van der Waals surface area (Å²) in [6.45, 7) is 8.53. The second-order valence-corrected chi connectivity index (χ2v) is 5.63. The number of urea groups is 1. The first kappa shape index (κ1) is 17.3. The molecule has 2 rings (SSSR count). The number of aryl methyl sites for hydroxylation is 1. The van der Waals surface area contributed by atoms with Crippen molar-refractivity contribution in [1.82, 2.24) is 24.5 Å². The molecule has 3 amide bonds. The first-order valence-electron chi connectivity index (χ1n) is 8.09. The van der Waals surface area contributed by atoms with Crippen molar-refractivity contribution in [2.45, 2.75) is 13.8 Å². The Morgan fingerprint density at radius 1 is 1.22 bits per heavy atom. The average molecular weight is 322 g/mol. The van der Waals surface area contributed by atoms with E-state index < -0.39 is 0 Å². The molecule has 1 fully saturated rings. The van der Waals surface area contributed by atoms with Gasteiger partial charge in [0.05, 0.1) is 6.54 Å². The first-order chi connectivity index (χ1) is 11.0. The molecule has 0 aromatic carbocycles. The molecule has 23 heavy (non-hydrogen) atoms. The largest absolute Gasteiger partial charge is 0.342 e. The third-order valence-corrected chi connectivity index (χ3v) is 4.08. The van der Waals surface area contributed by atoms with Crippen LogP contribution in [0.1, 0.15) is 13.8 Å². The topological polar surface area (TPSA) is 73.7 Å². The molecule has 0 unspecified atom stereocenters. The quantitative estimate of drug-likeness (QED) is 0.853. The smallest absolute Gasteiger partial charge is 0.323 e. The number of piperazine rings is 1. The van der Waals surface area contributed by atoms with Crippen LogP contribution in [0, 0.1) is 0 Å². The van der Waals surface area contributed by atoms with E-state index in [1.165, 1.54) is 0 Å². The lowest BCUT2D eigenvalue weighted by atomic mass is 10.3. The number of amides is 3. The Kier molecular flexibility index (Phi) is 5.97. The fourth-order valence-corrected chi connectivity index (χ4v) is 2.65. The molecule has 8 heteroatoms. The lowest BCUT2D eigenvalue weighted by Crippen LogP contribution is -2.52. The van der Waals surface area contributed by atoms with Gasteiger partial charge in [-0.2, -0.15) is 5.10 Å². The summed E-state index contributed by atoms with van der Waals surface area (Å²) in [6, 6.07) is 1.62. The predicted octanol–water partition coefficient (Wildman–Crippen LogP) is 0.438. The second kappa shape index (κ2) is 7.96. The van der Waals surface area contributed by atoms with E-state index in [0.29, 0.717) is 38.5 Å². The molecule has 1 saturated heterocycles. The molecule has 0 atom stereocenters. The molecule has 0 aliphatic carbocycles. The van der Waals surface area contributed by atoms with Crippen LogP contribution in [0.3, 0.4) is 0 Å². The molecule has 8 nitrogen and oxygen atoms in total. The molecule has 0 bridgehead atoms. The number of hydrogen-bond donors (Lipinski definition) is 1. The van der Waals surface area contributed by atoms with Crippen LogP contribution < -0.4 is 5.32 Å². The summed E-state index contributed by atoms with van der Waals surface area (Å²) >= 11 is 0. The molecule has 1 aromatic rings. The zero-order valence-corrected chi connectivity index (χ0v) is 14.2. The predicted molar refractivity (Wildman–Crippen MR) is 88.2 cm³/mol. The van der Waals surface area contributed by atoms with Crippen LogP contribution in [0.5, 0.6) is 0 Å². The van der Waals surface area contributed by atoms with E-state index in [4.69, 9.17) is 0 Å². The highest BCUT2D eigenvalue weighted by Gasteiger charge is 2.23. The molecule has 0 saturated carbocycles. The van der Waals surface area contributed by atoms with Gasteiger partial charge in [-0.1, -0.05) is 0 Å². The Morgan fingerprint density at radius 3 is 2.39 bits per heavy atom. The summed E-state index contributed by atoms with van der Waals surface area (Å²) in [5, 5.41) is 6.92. The number of hydrogen-bond acceptors (Lipinski definition) is 4. The van der Waals surface area contributed by atoms with E-state index in [2.05, 4.69) is 15.3 Å². The lowest BCUT2D eigenvalue weighted by molar-refractivity contribution is -0.132. The summed E-state index contributed by atoms with van der Waals surface area (Å²) in [5.74, 6) is 0.707. The lowest BCUT2D eigenvalue weighted by Gasteiger charge is -2.35. The van der Waals surface area contributed by atoms with Crippen LogP contribution in [0.15, 0.2) is 12.3 Å². The Balaban J connectivity index is 1.77. The van der Waals surface area contributed by atoms with Gasteiger partial charge < -0.3 is 9.80 Å². The first-order valence-corrected chi connectivity index (χ1v) is 8.09. The summed E-state index contributed by atoms with van der Waals surface area (Å²) < 4.78 is 1.65. The minimum absolute atomic E-state index is 0.140. The van der Waals surface area contributed by atoms with Gasteiger partial charge in [-0.05, 0) is 13.8 Å². The third kappa shape index (κ3) is 4.69. The highest BCUT2D eigenvalue weighted by atomic mass is 16.2.